The highest BCUT2D eigenvalue weighted by Gasteiger charge is 2.66. The number of pyridine rings is 1. The third-order valence-electron chi connectivity index (χ3n) is 15.0. The predicted molar refractivity (Wildman–Crippen MR) is 302 cm³/mol. The van der Waals surface area contributed by atoms with Gasteiger partial charge in [0.15, 0.2) is 10.8 Å². The first-order valence-electron chi connectivity index (χ1n) is 27.3. The van der Waals surface area contributed by atoms with Gasteiger partial charge >= 0.3 is 13.6 Å². The van der Waals surface area contributed by atoms with Crippen molar-refractivity contribution in [3.05, 3.63) is 88.9 Å². The van der Waals surface area contributed by atoms with Gasteiger partial charge < -0.3 is 33.5 Å². The van der Waals surface area contributed by atoms with Crippen molar-refractivity contribution in [2.24, 2.45) is 16.2 Å². The van der Waals surface area contributed by atoms with Crippen LogP contribution in [0.2, 0.25) is 0 Å². The largest absolute Gasteiger partial charge is 0.455 e. The standard InChI is InChI=1S/C59H82N7O8PS/c1-40-44(42-21-22-48(63-49(42)51(68)72-53(2,3)4)65-26-23-41-17-15-18-43(45(41)32-65)50(67)64-52-62-46-19-13-14-20-47(46)76-52)31-61-66(40)39-58-34-56(11)33-57(12,35-58)37-59(36-56,38-58)71-29-28-70-27-25-60-24-16-30-75(69,73-54(5,6)7)74-55(8,9)10/h13-15,17-22,31,60H,16,23-30,32-39H2,1-12H3,(H,62,64,67). The molecule has 0 spiro atoms. The van der Waals surface area contributed by atoms with E-state index in [0.29, 0.717) is 87.1 Å². The van der Waals surface area contributed by atoms with Gasteiger partial charge in [0.25, 0.3) is 5.91 Å². The summed E-state index contributed by atoms with van der Waals surface area (Å²) in [6.45, 7) is 28.9. The molecule has 4 heterocycles. The van der Waals surface area contributed by atoms with Crippen LogP contribution >= 0.6 is 18.9 Å². The molecule has 17 heteroatoms. The van der Waals surface area contributed by atoms with Gasteiger partial charge in [-0.3, -0.25) is 19.4 Å². The minimum atomic E-state index is -3.26. The smallest absolute Gasteiger partial charge is 0.358 e. The van der Waals surface area contributed by atoms with Gasteiger partial charge in [-0.1, -0.05) is 49.4 Å². The molecule has 1 amide bonds. The highest BCUT2D eigenvalue weighted by molar-refractivity contribution is 7.53. The van der Waals surface area contributed by atoms with Crippen molar-refractivity contribution < 1.29 is 37.4 Å². The average molecular weight is 1080 g/mol. The van der Waals surface area contributed by atoms with Crippen LogP contribution in [-0.4, -0.2) is 99.6 Å². The first-order chi connectivity index (χ1) is 35.6. The molecule has 0 saturated heterocycles. The number of anilines is 2. The number of esters is 1. The van der Waals surface area contributed by atoms with Crippen LogP contribution in [0.1, 0.15) is 159 Å². The Hall–Kier alpha value is -4.54. The molecule has 4 fully saturated rings. The highest BCUT2D eigenvalue weighted by atomic mass is 32.1. The van der Waals surface area contributed by atoms with E-state index in [1.54, 1.807) is 0 Å². The third kappa shape index (κ3) is 13.3. The number of fused-ring (bicyclic) bond motifs is 2. The quantitative estimate of drug-likeness (QED) is 0.0429. The lowest BCUT2D eigenvalue weighted by Gasteiger charge is -2.69. The Kier molecular flexibility index (Phi) is 15.7. The molecule has 15 nitrogen and oxygen atoms in total. The van der Waals surface area contributed by atoms with Gasteiger partial charge in [-0.15, -0.1) is 0 Å². The second-order valence-electron chi connectivity index (χ2n) is 26.1. The van der Waals surface area contributed by atoms with Gasteiger partial charge in [0.2, 0.25) is 0 Å². The molecule has 3 aromatic heterocycles. The van der Waals surface area contributed by atoms with Crippen LogP contribution in [0.15, 0.2) is 60.8 Å². The zero-order chi connectivity index (χ0) is 54.5. The normalized spacial score (nSPS) is 23.6. The number of hydrogen-bond donors (Lipinski definition) is 2. The fraction of sp³-hybridized carbons (Fsp3) is 0.610. The topological polar surface area (TPSA) is 168 Å². The van der Waals surface area contributed by atoms with Crippen molar-refractivity contribution in [3.63, 3.8) is 0 Å². The number of ether oxygens (including phenoxy) is 3. The Balaban J connectivity index is 0.853. The molecule has 2 N–H and O–H groups in total. The van der Waals surface area contributed by atoms with Gasteiger partial charge in [0.05, 0.1) is 59.2 Å². The van der Waals surface area contributed by atoms with Gasteiger partial charge in [-0.25, -0.2) is 14.8 Å². The molecule has 4 aliphatic carbocycles. The van der Waals surface area contributed by atoms with E-state index >= 15 is 0 Å². The molecule has 4 saturated carbocycles. The zero-order valence-corrected chi connectivity index (χ0v) is 48.9. The van der Waals surface area contributed by atoms with Crippen molar-refractivity contribution in [1.29, 1.82) is 0 Å². The minimum Gasteiger partial charge on any atom is -0.455 e. The van der Waals surface area contributed by atoms with Crippen molar-refractivity contribution in [3.8, 4) is 11.1 Å². The van der Waals surface area contributed by atoms with Crippen molar-refractivity contribution in [2.75, 3.05) is 55.8 Å². The summed E-state index contributed by atoms with van der Waals surface area (Å²) in [5, 5.41) is 12.1. The third-order valence-corrected chi connectivity index (χ3v) is 18.5. The molecule has 4 bridgehead atoms. The van der Waals surface area contributed by atoms with Gasteiger partial charge in [0, 0.05) is 48.6 Å². The summed E-state index contributed by atoms with van der Waals surface area (Å²) in [5.41, 5.74) is 4.40. The number of carbonyl (C=O) groups is 2. The average Bonchev–Trinajstić information content (AvgIpc) is 3.87. The summed E-state index contributed by atoms with van der Waals surface area (Å²) in [7, 11) is -3.26. The number of aromatic nitrogens is 4. The molecule has 10 rings (SSSR count). The van der Waals surface area contributed by atoms with E-state index < -0.39 is 30.4 Å². The van der Waals surface area contributed by atoms with Crippen LogP contribution in [0, 0.1) is 23.2 Å². The maximum Gasteiger partial charge on any atom is 0.358 e. The monoisotopic (exact) mass is 1080 g/mol. The Morgan fingerprint density at radius 1 is 0.789 bits per heavy atom. The number of rotatable bonds is 20. The first kappa shape index (κ1) is 56.2. The molecule has 2 aromatic carbocycles. The summed E-state index contributed by atoms with van der Waals surface area (Å²) in [6.07, 6.45) is 10.1. The SMILES string of the molecule is Cc1c(-c2ccc(N3CCc4cccc(C(=O)Nc5nc6ccccc6s5)c4C3)nc2C(=O)OC(C)(C)C)cnn1CC12CC3(C)CC(C)(C1)CC(OCCOCCNCCCP(=O)(OC(C)(C)C)OC(C)(C)C)(C3)C2. The second kappa shape index (κ2) is 21.3. The summed E-state index contributed by atoms with van der Waals surface area (Å²) in [4.78, 5) is 40.0. The van der Waals surface area contributed by atoms with E-state index in [0.717, 1.165) is 71.2 Å². The van der Waals surface area contributed by atoms with Crippen LogP contribution < -0.4 is 15.5 Å². The first-order valence-corrected chi connectivity index (χ1v) is 29.9. The highest BCUT2D eigenvalue weighted by Crippen LogP contribution is 2.72. The number of thiazole rings is 1. The number of benzene rings is 2. The van der Waals surface area contributed by atoms with Crippen molar-refractivity contribution in [2.45, 2.75) is 170 Å². The van der Waals surface area contributed by atoms with Crippen LogP contribution in [0.3, 0.4) is 0 Å². The fourth-order valence-electron chi connectivity index (χ4n) is 13.8. The fourth-order valence-corrected chi connectivity index (χ4v) is 17.1. The van der Waals surface area contributed by atoms with Crippen molar-refractivity contribution in [1.82, 2.24) is 25.1 Å². The molecule has 2 unspecified atom stereocenters. The molecule has 5 aliphatic rings. The molecule has 76 heavy (non-hydrogen) atoms. The molecule has 412 valence electrons. The molecular formula is C59H82N7O8PS. The minimum absolute atomic E-state index is 0.0122. The van der Waals surface area contributed by atoms with Gasteiger partial charge in [0.1, 0.15) is 11.4 Å². The zero-order valence-electron chi connectivity index (χ0n) is 47.2. The number of carbonyl (C=O) groups excluding carboxylic acids is 2. The lowest BCUT2D eigenvalue weighted by molar-refractivity contribution is -0.250. The van der Waals surface area contributed by atoms with E-state index in [1.165, 1.54) is 17.8 Å². The van der Waals surface area contributed by atoms with Gasteiger partial charge in [-0.05, 0) is 185 Å². The molecule has 5 aromatic rings. The lowest BCUT2D eigenvalue weighted by Crippen LogP contribution is -2.64. The van der Waals surface area contributed by atoms with E-state index in [2.05, 4.69) is 52.0 Å². The van der Waals surface area contributed by atoms with E-state index in [-0.39, 0.29) is 33.4 Å². The second-order valence-corrected chi connectivity index (χ2v) is 29.2. The Morgan fingerprint density at radius 2 is 1.51 bits per heavy atom. The Morgan fingerprint density at radius 3 is 2.21 bits per heavy atom. The maximum absolute atomic E-state index is 14.3. The number of nitrogens with zero attached hydrogens (tertiary/aromatic N) is 5. The summed E-state index contributed by atoms with van der Waals surface area (Å²) < 4.78 is 47.8. The number of para-hydroxylation sites is 1. The van der Waals surface area contributed by atoms with E-state index in [1.807, 2.05) is 117 Å². The summed E-state index contributed by atoms with van der Waals surface area (Å²) in [6, 6.07) is 17.7. The number of hydrogen-bond acceptors (Lipinski definition) is 14. The number of amides is 1. The predicted octanol–water partition coefficient (Wildman–Crippen LogP) is 12.6. The lowest BCUT2D eigenvalue weighted by atomic mass is 9.39. The molecule has 1 aliphatic heterocycles. The van der Waals surface area contributed by atoms with Crippen LogP contribution in [0.25, 0.3) is 21.3 Å². The molecular weight excluding hydrogens is 998 g/mol. The van der Waals surface area contributed by atoms with Crippen molar-refractivity contribution >= 4 is 52.0 Å². The van der Waals surface area contributed by atoms with E-state index in [9.17, 15) is 14.2 Å². The van der Waals surface area contributed by atoms with Gasteiger partial charge in [-0.2, -0.15) is 5.10 Å². The summed E-state index contributed by atoms with van der Waals surface area (Å²) >= 11 is 1.45. The van der Waals surface area contributed by atoms with Crippen LogP contribution in [-0.2, 0) is 47.3 Å². The maximum atomic E-state index is 14.3. The molecule has 0 radical (unpaired) electrons. The Bertz CT molecular complexity index is 2910. The Labute approximate surface area is 454 Å². The van der Waals surface area contributed by atoms with Crippen LogP contribution in [0.5, 0.6) is 0 Å². The van der Waals surface area contributed by atoms with Crippen LogP contribution in [0.4, 0.5) is 10.9 Å². The number of nitrogens with one attached hydrogen (secondary N) is 2. The summed E-state index contributed by atoms with van der Waals surface area (Å²) in [5.74, 6) is -0.0660. The van der Waals surface area contributed by atoms with E-state index in [4.69, 9.17) is 33.3 Å². The molecule has 2 atom stereocenters.